The van der Waals surface area contributed by atoms with Crippen LogP contribution in [0.15, 0.2) is 11.6 Å². The van der Waals surface area contributed by atoms with Gasteiger partial charge in [0, 0.05) is 31.6 Å². The number of hydrogen-bond donors (Lipinski definition) is 2. The molecule has 0 bridgehead atoms. The van der Waals surface area contributed by atoms with Crippen molar-refractivity contribution in [3.63, 3.8) is 0 Å². The minimum Gasteiger partial charge on any atom is -0.352 e. The van der Waals surface area contributed by atoms with Gasteiger partial charge in [0.25, 0.3) is 0 Å². The Morgan fingerprint density at radius 2 is 2.14 bits per heavy atom. The predicted molar refractivity (Wildman–Crippen MR) is 55.9 cm³/mol. The maximum absolute atomic E-state index is 11.4. The number of amides is 1. The highest BCUT2D eigenvalue weighted by Crippen LogP contribution is 2.23. The van der Waals surface area contributed by atoms with Gasteiger partial charge in [0.05, 0.1) is 0 Å². The van der Waals surface area contributed by atoms with Crippen LogP contribution in [0.5, 0.6) is 0 Å². The number of nitrogens with one attached hydrogen (secondary N) is 2. The van der Waals surface area contributed by atoms with Gasteiger partial charge in [-0.15, -0.1) is 0 Å². The molecule has 3 nitrogen and oxygen atoms in total. The van der Waals surface area contributed by atoms with Crippen molar-refractivity contribution in [1.29, 1.82) is 0 Å². The van der Waals surface area contributed by atoms with Crippen molar-refractivity contribution in [1.82, 2.24) is 10.6 Å². The molecule has 1 aliphatic heterocycles. The molecule has 2 aliphatic rings. The first-order chi connectivity index (χ1) is 6.84. The summed E-state index contributed by atoms with van der Waals surface area (Å²) >= 11 is 0. The van der Waals surface area contributed by atoms with Gasteiger partial charge in [0.2, 0.25) is 5.91 Å². The quantitative estimate of drug-likeness (QED) is 0.653. The zero-order chi connectivity index (χ0) is 9.80. The summed E-state index contributed by atoms with van der Waals surface area (Å²) in [4.78, 5) is 11.4. The molecule has 3 heteroatoms. The molecule has 1 aliphatic carbocycles. The van der Waals surface area contributed by atoms with E-state index in [9.17, 15) is 4.79 Å². The Morgan fingerprint density at radius 3 is 2.71 bits per heavy atom. The van der Waals surface area contributed by atoms with Gasteiger partial charge in [0.1, 0.15) is 0 Å². The molecular formula is C11H18N2O. The second-order valence-corrected chi connectivity index (χ2v) is 4.28. The highest BCUT2D eigenvalue weighted by molar-refractivity contribution is 5.88. The number of carbonyl (C=O) groups excluding carboxylic acids is 1. The topological polar surface area (TPSA) is 41.1 Å². The molecule has 0 spiro atoms. The Labute approximate surface area is 84.9 Å². The van der Waals surface area contributed by atoms with Crippen molar-refractivity contribution >= 4 is 5.91 Å². The van der Waals surface area contributed by atoms with Crippen molar-refractivity contribution in [2.75, 3.05) is 19.6 Å². The molecule has 1 saturated carbocycles. The summed E-state index contributed by atoms with van der Waals surface area (Å²) < 4.78 is 0. The molecule has 14 heavy (non-hydrogen) atoms. The lowest BCUT2D eigenvalue weighted by atomic mass is 10.0. The summed E-state index contributed by atoms with van der Waals surface area (Å²) in [6.45, 7) is 2.93. The van der Waals surface area contributed by atoms with Crippen molar-refractivity contribution in [3.8, 4) is 0 Å². The minimum atomic E-state index is 0.105. The van der Waals surface area contributed by atoms with Crippen LogP contribution >= 0.6 is 0 Å². The lowest BCUT2D eigenvalue weighted by molar-refractivity contribution is -0.116. The highest BCUT2D eigenvalue weighted by atomic mass is 16.1. The van der Waals surface area contributed by atoms with Gasteiger partial charge >= 0.3 is 0 Å². The second kappa shape index (κ2) is 4.60. The smallest absolute Gasteiger partial charge is 0.243 e. The molecule has 0 aromatic heterocycles. The molecule has 78 valence electrons. The SMILES string of the molecule is O=C(C=C1CCCC1)NCC1CNC1. The lowest BCUT2D eigenvalue weighted by Gasteiger charge is -2.26. The van der Waals surface area contributed by atoms with Gasteiger partial charge in [-0.3, -0.25) is 4.79 Å². The third kappa shape index (κ3) is 2.58. The summed E-state index contributed by atoms with van der Waals surface area (Å²) in [5, 5.41) is 6.15. The first-order valence-corrected chi connectivity index (χ1v) is 5.52. The van der Waals surface area contributed by atoms with E-state index in [1.54, 1.807) is 6.08 Å². The Kier molecular flexibility index (Phi) is 3.19. The van der Waals surface area contributed by atoms with Crippen LogP contribution in [-0.2, 0) is 4.79 Å². The number of carbonyl (C=O) groups is 1. The highest BCUT2D eigenvalue weighted by Gasteiger charge is 2.16. The molecule has 0 aromatic carbocycles. The molecule has 2 N–H and O–H groups in total. The van der Waals surface area contributed by atoms with Crippen LogP contribution in [0.2, 0.25) is 0 Å². The minimum absolute atomic E-state index is 0.105. The van der Waals surface area contributed by atoms with Gasteiger partial charge in [-0.25, -0.2) is 0 Å². The first kappa shape index (κ1) is 9.71. The average molecular weight is 194 g/mol. The van der Waals surface area contributed by atoms with E-state index in [1.807, 2.05) is 0 Å². The van der Waals surface area contributed by atoms with E-state index >= 15 is 0 Å². The third-order valence-electron chi connectivity index (χ3n) is 3.01. The van der Waals surface area contributed by atoms with E-state index < -0.39 is 0 Å². The first-order valence-electron chi connectivity index (χ1n) is 5.52. The predicted octanol–water partition coefficient (Wildman–Crippen LogP) is 0.822. The molecule has 1 amide bonds. The summed E-state index contributed by atoms with van der Waals surface area (Å²) in [6.07, 6.45) is 6.56. The molecule has 1 heterocycles. The monoisotopic (exact) mass is 194 g/mol. The van der Waals surface area contributed by atoms with Crippen LogP contribution in [-0.4, -0.2) is 25.5 Å². The second-order valence-electron chi connectivity index (χ2n) is 4.28. The molecular weight excluding hydrogens is 176 g/mol. The van der Waals surface area contributed by atoms with Gasteiger partial charge in [0.15, 0.2) is 0 Å². The van der Waals surface area contributed by atoms with Crippen molar-refractivity contribution < 1.29 is 4.79 Å². The van der Waals surface area contributed by atoms with Crippen LogP contribution in [0.4, 0.5) is 0 Å². The van der Waals surface area contributed by atoms with Gasteiger partial charge < -0.3 is 10.6 Å². The Hall–Kier alpha value is -0.830. The third-order valence-corrected chi connectivity index (χ3v) is 3.01. The van der Waals surface area contributed by atoms with Crippen LogP contribution in [0.25, 0.3) is 0 Å². The van der Waals surface area contributed by atoms with Crippen molar-refractivity contribution in [3.05, 3.63) is 11.6 Å². The van der Waals surface area contributed by atoms with E-state index in [0.717, 1.165) is 32.5 Å². The van der Waals surface area contributed by atoms with E-state index in [1.165, 1.54) is 18.4 Å². The van der Waals surface area contributed by atoms with Crippen LogP contribution in [0.3, 0.4) is 0 Å². The zero-order valence-corrected chi connectivity index (χ0v) is 8.51. The fraction of sp³-hybridized carbons (Fsp3) is 0.727. The summed E-state index contributed by atoms with van der Waals surface area (Å²) in [5.41, 5.74) is 1.33. The number of allylic oxidation sites excluding steroid dienone is 1. The van der Waals surface area contributed by atoms with Crippen molar-refractivity contribution in [2.24, 2.45) is 5.92 Å². The molecule has 0 unspecified atom stereocenters. The average Bonchev–Trinajstić information content (AvgIpc) is 2.54. The van der Waals surface area contributed by atoms with Crippen LogP contribution in [0, 0.1) is 5.92 Å². The van der Waals surface area contributed by atoms with E-state index in [-0.39, 0.29) is 5.91 Å². The molecule has 0 atom stereocenters. The number of rotatable bonds is 3. The van der Waals surface area contributed by atoms with Crippen molar-refractivity contribution in [2.45, 2.75) is 25.7 Å². The van der Waals surface area contributed by atoms with E-state index in [2.05, 4.69) is 10.6 Å². The molecule has 1 saturated heterocycles. The Balaban J connectivity index is 1.69. The maximum atomic E-state index is 11.4. The Morgan fingerprint density at radius 1 is 1.43 bits per heavy atom. The van der Waals surface area contributed by atoms with Gasteiger partial charge in [-0.2, -0.15) is 0 Å². The van der Waals surface area contributed by atoms with E-state index in [4.69, 9.17) is 0 Å². The van der Waals surface area contributed by atoms with Crippen LogP contribution in [0.1, 0.15) is 25.7 Å². The normalized spacial score (nSPS) is 21.9. The standard InChI is InChI=1S/C11H18N2O/c14-11(5-9-3-1-2-4-9)13-8-10-6-12-7-10/h5,10,12H,1-4,6-8H2,(H,13,14). The summed E-state index contributed by atoms with van der Waals surface area (Å²) in [6, 6.07) is 0. The lowest BCUT2D eigenvalue weighted by Crippen LogP contribution is -2.48. The summed E-state index contributed by atoms with van der Waals surface area (Å²) in [5.74, 6) is 0.759. The zero-order valence-electron chi connectivity index (χ0n) is 8.51. The summed E-state index contributed by atoms with van der Waals surface area (Å²) in [7, 11) is 0. The van der Waals surface area contributed by atoms with Crippen LogP contribution < -0.4 is 10.6 Å². The van der Waals surface area contributed by atoms with Gasteiger partial charge in [-0.1, -0.05) is 5.57 Å². The van der Waals surface area contributed by atoms with E-state index in [0.29, 0.717) is 5.92 Å². The Bertz CT molecular complexity index is 236. The fourth-order valence-electron chi connectivity index (χ4n) is 1.95. The largest absolute Gasteiger partial charge is 0.352 e. The molecule has 0 radical (unpaired) electrons. The number of hydrogen-bond acceptors (Lipinski definition) is 2. The van der Waals surface area contributed by atoms with Gasteiger partial charge in [-0.05, 0) is 25.7 Å². The molecule has 2 fully saturated rings. The maximum Gasteiger partial charge on any atom is 0.243 e. The fourth-order valence-corrected chi connectivity index (χ4v) is 1.95. The molecule has 2 rings (SSSR count). The molecule has 0 aromatic rings.